The maximum atomic E-state index is 11.8. The first kappa shape index (κ1) is 14.4. The number of hydrogen-bond donors (Lipinski definition) is 0. The number of benzene rings is 1. The number of carbonyl (C=O) groups is 1. The second-order valence-corrected chi connectivity index (χ2v) is 5.65. The Morgan fingerprint density at radius 1 is 1.19 bits per heavy atom. The van der Waals surface area contributed by atoms with Crippen LogP contribution in [0.4, 0.5) is 0 Å². The summed E-state index contributed by atoms with van der Waals surface area (Å²) in [6, 6.07) is 8.45. The van der Waals surface area contributed by atoms with E-state index in [1.807, 2.05) is 0 Å². The quantitative estimate of drug-likeness (QED) is 0.555. The topological polar surface area (TPSA) is 51.8 Å². The molecule has 3 rings (SSSR count). The maximum absolute atomic E-state index is 11.8. The van der Waals surface area contributed by atoms with Crippen molar-refractivity contribution in [1.29, 1.82) is 0 Å². The number of cyclic esters (lactones) is 1. The van der Waals surface area contributed by atoms with Gasteiger partial charge in [-0.25, -0.2) is 9.79 Å². The van der Waals surface area contributed by atoms with Crippen molar-refractivity contribution in [2.24, 2.45) is 4.99 Å². The molecule has 0 amide bonds. The van der Waals surface area contributed by atoms with E-state index in [0.717, 1.165) is 0 Å². The average molecular weight is 387 g/mol. The number of rotatable bonds is 2. The van der Waals surface area contributed by atoms with Crippen molar-refractivity contribution in [2.45, 2.75) is 0 Å². The molecule has 1 aromatic carbocycles. The summed E-state index contributed by atoms with van der Waals surface area (Å²) in [6.07, 6.45) is 1.52. The molecule has 2 heterocycles. The molecule has 21 heavy (non-hydrogen) atoms. The average Bonchev–Trinajstić information content (AvgIpc) is 3.02. The molecule has 4 nitrogen and oxygen atoms in total. The fourth-order valence-electron chi connectivity index (χ4n) is 1.72. The van der Waals surface area contributed by atoms with E-state index in [2.05, 4.69) is 20.9 Å². The number of hydrogen-bond acceptors (Lipinski definition) is 4. The van der Waals surface area contributed by atoms with Gasteiger partial charge in [0.15, 0.2) is 16.1 Å². The van der Waals surface area contributed by atoms with Crippen LogP contribution >= 0.6 is 39.1 Å². The van der Waals surface area contributed by atoms with Crippen molar-refractivity contribution in [3.05, 3.63) is 62.1 Å². The fourth-order valence-corrected chi connectivity index (χ4v) is 2.39. The Labute approximate surface area is 138 Å². The van der Waals surface area contributed by atoms with Crippen molar-refractivity contribution in [3.63, 3.8) is 0 Å². The molecule has 1 aromatic heterocycles. The van der Waals surface area contributed by atoms with Gasteiger partial charge in [0.2, 0.25) is 0 Å². The first-order valence-electron chi connectivity index (χ1n) is 5.77. The van der Waals surface area contributed by atoms with E-state index in [9.17, 15) is 4.79 Å². The van der Waals surface area contributed by atoms with E-state index in [4.69, 9.17) is 32.4 Å². The smallest absolute Gasteiger partial charge is 0.363 e. The minimum Gasteiger partial charge on any atom is -0.444 e. The molecule has 0 aliphatic carbocycles. The van der Waals surface area contributed by atoms with Crippen molar-refractivity contribution in [2.75, 3.05) is 0 Å². The Kier molecular flexibility index (Phi) is 3.89. The number of ether oxygens (including phenoxy) is 1. The molecule has 0 saturated carbocycles. The van der Waals surface area contributed by atoms with E-state index in [-0.39, 0.29) is 11.6 Å². The summed E-state index contributed by atoms with van der Waals surface area (Å²) in [7, 11) is 0. The molecule has 0 spiro atoms. The van der Waals surface area contributed by atoms with Crippen molar-refractivity contribution >= 4 is 57.1 Å². The van der Waals surface area contributed by atoms with Crippen LogP contribution < -0.4 is 0 Å². The molecular formula is C14H6BrCl2NO3. The summed E-state index contributed by atoms with van der Waals surface area (Å²) < 4.78 is 10.9. The highest BCUT2D eigenvalue weighted by Gasteiger charge is 2.26. The molecule has 0 atom stereocenters. The van der Waals surface area contributed by atoms with Crippen molar-refractivity contribution < 1.29 is 13.9 Å². The molecule has 106 valence electrons. The van der Waals surface area contributed by atoms with Gasteiger partial charge in [0, 0.05) is 0 Å². The normalized spacial score (nSPS) is 16.2. The Hall–Kier alpha value is -1.56. The van der Waals surface area contributed by atoms with Gasteiger partial charge in [-0.2, -0.15) is 0 Å². The van der Waals surface area contributed by atoms with Crippen LogP contribution in [0.5, 0.6) is 0 Å². The number of carbonyl (C=O) groups excluding carboxylic acids is 1. The summed E-state index contributed by atoms with van der Waals surface area (Å²) in [5.41, 5.74) is 0.712. The Morgan fingerprint density at radius 3 is 2.71 bits per heavy atom. The predicted molar refractivity (Wildman–Crippen MR) is 83.5 cm³/mol. The third-order valence-corrected chi connectivity index (χ3v) is 3.94. The predicted octanol–water partition coefficient (Wildman–Crippen LogP) is 4.69. The summed E-state index contributed by atoms with van der Waals surface area (Å²) in [4.78, 5) is 15.9. The number of aliphatic imine (C=N–C) groups is 1. The standard InChI is InChI=1S/C14H6BrCl2NO3/c15-11-5-4-10(20-11)13-18-9(14(19)21-13)6-7-2-1-3-8(16)12(7)17/h1-6H. The number of furan rings is 1. The second-order valence-electron chi connectivity index (χ2n) is 4.08. The van der Waals surface area contributed by atoms with E-state index in [0.29, 0.717) is 26.0 Å². The van der Waals surface area contributed by atoms with Crippen LogP contribution in [-0.2, 0) is 9.53 Å². The minimum atomic E-state index is -0.575. The summed E-state index contributed by atoms with van der Waals surface area (Å²) in [6.45, 7) is 0. The summed E-state index contributed by atoms with van der Waals surface area (Å²) in [5.74, 6) is -0.112. The van der Waals surface area contributed by atoms with E-state index >= 15 is 0 Å². The zero-order chi connectivity index (χ0) is 15.0. The minimum absolute atomic E-state index is 0.107. The summed E-state index contributed by atoms with van der Waals surface area (Å²) >= 11 is 15.2. The zero-order valence-electron chi connectivity index (χ0n) is 10.3. The van der Waals surface area contributed by atoms with Gasteiger partial charge in [-0.05, 0) is 45.8 Å². The molecule has 0 N–H and O–H groups in total. The third-order valence-electron chi connectivity index (χ3n) is 2.68. The molecule has 7 heteroatoms. The highest BCUT2D eigenvalue weighted by atomic mass is 79.9. The lowest BCUT2D eigenvalue weighted by molar-refractivity contribution is -0.130. The first-order valence-corrected chi connectivity index (χ1v) is 7.32. The van der Waals surface area contributed by atoms with Crippen molar-refractivity contribution in [3.8, 4) is 0 Å². The number of halogens is 3. The van der Waals surface area contributed by atoms with Gasteiger partial charge in [0.25, 0.3) is 5.90 Å². The van der Waals surface area contributed by atoms with E-state index in [1.54, 1.807) is 30.3 Å². The zero-order valence-corrected chi connectivity index (χ0v) is 13.4. The molecule has 0 saturated heterocycles. The van der Waals surface area contributed by atoms with Gasteiger partial charge in [-0.15, -0.1) is 0 Å². The lowest BCUT2D eigenvalue weighted by atomic mass is 10.2. The molecule has 0 fully saturated rings. The largest absolute Gasteiger partial charge is 0.444 e. The number of esters is 1. The summed E-state index contributed by atoms with van der Waals surface area (Å²) in [5, 5.41) is 0.750. The maximum Gasteiger partial charge on any atom is 0.363 e. The highest BCUT2D eigenvalue weighted by Crippen LogP contribution is 2.29. The molecule has 0 unspecified atom stereocenters. The fraction of sp³-hybridized carbons (Fsp3) is 0. The van der Waals surface area contributed by atoms with Crippen LogP contribution in [0.25, 0.3) is 6.08 Å². The van der Waals surface area contributed by atoms with Gasteiger partial charge in [-0.1, -0.05) is 35.3 Å². The Balaban J connectivity index is 1.98. The van der Waals surface area contributed by atoms with Crippen molar-refractivity contribution in [1.82, 2.24) is 0 Å². The molecule has 0 radical (unpaired) electrons. The van der Waals surface area contributed by atoms with E-state index < -0.39 is 5.97 Å². The van der Waals surface area contributed by atoms with Gasteiger partial charge in [0.05, 0.1) is 10.0 Å². The second kappa shape index (κ2) is 5.67. The van der Waals surface area contributed by atoms with Gasteiger partial charge < -0.3 is 9.15 Å². The monoisotopic (exact) mass is 385 g/mol. The van der Waals surface area contributed by atoms with Gasteiger partial charge in [0.1, 0.15) is 0 Å². The van der Waals surface area contributed by atoms with Crippen LogP contribution in [0.1, 0.15) is 11.3 Å². The van der Waals surface area contributed by atoms with Crippen LogP contribution in [-0.4, -0.2) is 11.9 Å². The molecule has 1 aliphatic heterocycles. The van der Waals surface area contributed by atoms with Crippen LogP contribution in [0.3, 0.4) is 0 Å². The molecule has 0 bridgehead atoms. The Bertz CT molecular complexity index is 795. The lowest BCUT2D eigenvalue weighted by Gasteiger charge is -1.99. The highest BCUT2D eigenvalue weighted by molar-refractivity contribution is 9.10. The van der Waals surface area contributed by atoms with Crippen LogP contribution in [0.15, 0.2) is 50.1 Å². The van der Waals surface area contributed by atoms with Crippen LogP contribution in [0.2, 0.25) is 10.0 Å². The Morgan fingerprint density at radius 2 is 2.00 bits per heavy atom. The third kappa shape index (κ3) is 2.90. The SMILES string of the molecule is O=C1OC(c2ccc(Br)o2)=NC1=Cc1cccc(Cl)c1Cl. The van der Waals surface area contributed by atoms with Gasteiger partial charge >= 0.3 is 5.97 Å². The molecular weight excluding hydrogens is 381 g/mol. The van der Waals surface area contributed by atoms with E-state index in [1.165, 1.54) is 6.08 Å². The first-order chi connectivity index (χ1) is 10.0. The molecule has 2 aromatic rings. The number of nitrogens with zero attached hydrogens (tertiary/aromatic N) is 1. The molecule has 1 aliphatic rings. The van der Waals surface area contributed by atoms with Gasteiger partial charge in [-0.3, -0.25) is 0 Å². The van der Waals surface area contributed by atoms with Crippen LogP contribution in [0, 0.1) is 0 Å². The lowest BCUT2D eigenvalue weighted by Crippen LogP contribution is -2.04.